The average Bonchev–Trinajstić information content (AvgIpc) is 2.50. The van der Waals surface area contributed by atoms with Gasteiger partial charge in [0, 0.05) is 0 Å². The predicted octanol–water partition coefficient (Wildman–Crippen LogP) is 2.27. The summed E-state index contributed by atoms with van der Waals surface area (Å²) < 4.78 is 10.3. The number of aliphatic hydroxyl groups is 1. The Labute approximate surface area is 131 Å². The maximum absolute atomic E-state index is 11.6. The maximum Gasteiger partial charge on any atom is 0.308 e. The first-order chi connectivity index (χ1) is 10.3. The standard InChI is InChI=1S/C17H24O5/c1-12(2)15(18)21-10-17(20,11-22-16(19)13(3)4)14-8-6-5-7-9-14/h5-9,12-13,20H,10-11H2,1-4H3. The Kier molecular flexibility index (Phi) is 6.56. The van der Waals surface area contributed by atoms with Gasteiger partial charge in [0.2, 0.25) is 0 Å². The minimum Gasteiger partial charge on any atom is -0.462 e. The second-order valence-corrected chi connectivity index (χ2v) is 5.92. The molecule has 0 spiro atoms. The molecule has 1 N–H and O–H groups in total. The van der Waals surface area contributed by atoms with Crippen LogP contribution in [0.15, 0.2) is 30.3 Å². The molecule has 0 saturated heterocycles. The number of hydrogen-bond donors (Lipinski definition) is 1. The van der Waals surface area contributed by atoms with Crippen molar-refractivity contribution >= 4 is 11.9 Å². The summed E-state index contributed by atoms with van der Waals surface area (Å²) in [6, 6.07) is 8.73. The van der Waals surface area contributed by atoms with Crippen LogP contribution in [0.3, 0.4) is 0 Å². The van der Waals surface area contributed by atoms with Gasteiger partial charge in [-0.05, 0) is 5.56 Å². The molecule has 122 valence electrons. The van der Waals surface area contributed by atoms with E-state index in [1.54, 1.807) is 52.0 Å². The van der Waals surface area contributed by atoms with E-state index >= 15 is 0 Å². The molecule has 0 aromatic heterocycles. The first-order valence-electron chi connectivity index (χ1n) is 7.37. The summed E-state index contributed by atoms with van der Waals surface area (Å²) in [5.41, 5.74) is -1.03. The van der Waals surface area contributed by atoms with E-state index in [-0.39, 0.29) is 25.0 Å². The highest BCUT2D eigenvalue weighted by atomic mass is 16.6. The fourth-order valence-corrected chi connectivity index (χ4v) is 1.67. The minimum absolute atomic E-state index is 0.264. The van der Waals surface area contributed by atoms with Crippen molar-refractivity contribution in [2.45, 2.75) is 33.3 Å². The van der Waals surface area contributed by atoms with Crippen LogP contribution in [0.1, 0.15) is 33.3 Å². The van der Waals surface area contributed by atoms with Gasteiger partial charge in [-0.1, -0.05) is 58.0 Å². The third-order valence-electron chi connectivity index (χ3n) is 3.16. The van der Waals surface area contributed by atoms with E-state index in [1.165, 1.54) is 0 Å². The van der Waals surface area contributed by atoms with Gasteiger partial charge in [-0.2, -0.15) is 0 Å². The smallest absolute Gasteiger partial charge is 0.308 e. The molecule has 0 unspecified atom stereocenters. The van der Waals surface area contributed by atoms with Gasteiger partial charge in [-0.25, -0.2) is 0 Å². The molecule has 0 aliphatic carbocycles. The van der Waals surface area contributed by atoms with E-state index in [0.717, 1.165) is 0 Å². The molecule has 0 atom stereocenters. The third kappa shape index (κ3) is 5.15. The molecule has 0 heterocycles. The molecule has 0 aliphatic heterocycles. The van der Waals surface area contributed by atoms with Crippen LogP contribution in [0, 0.1) is 11.8 Å². The Morgan fingerprint density at radius 3 is 1.73 bits per heavy atom. The van der Waals surface area contributed by atoms with Crippen molar-refractivity contribution in [3.8, 4) is 0 Å². The van der Waals surface area contributed by atoms with E-state index in [1.807, 2.05) is 6.07 Å². The van der Waals surface area contributed by atoms with Gasteiger partial charge in [-0.15, -0.1) is 0 Å². The Morgan fingerprint density at radius 1 is 0.955 bits per heavy atom. The topological polar surface area (TPSA) is 72.8 Å². The summed E-state index contributed by atoms with van der Waals surface area (Å²) in [7, 11) is 0. The Hall–Kier alpha value is -1.88. The van der Waals surface area contributed by atoms with Crippen molar-refractivity contribution in [1.82, 2.24) is 0 Å². The molecule has 0 amide bonds. The van der Waals surface area contributed by atoms with E-state index in [4.69, 9.17) is 9.47 Å². The van der Waals surface area contributed by atoms with Crippen LogP contribution < -0.4 is 0 Å². The van der Waals surface area contributed by atoms with E-state index < -0.39 is 17.5 Å². The van der Waals surface area contributed by atoms with Crippen LogP contribution >= 0.6 is 0 Å². The molecule has 0 bridgehead atoms. The van der Waals surface area contributed by atoms with Gasteiger partial charge in [0.05, 0.1) is 11.8 Å². The van der Waals surface area contributed by atoms with Crippen LogP contribution in [0.4, 0.5) is 0 Å². The highest BCUT2D eigenvalue weighted by molar-refractivity contribution is 5.72. The lowest BCUT2D eigenvalue weighted by Crippen LogP contribution is -2.39. The Bertz CT molecular complexity index is 469. The van der Waals surface area contributed by atoms with Crippen molar-refractivity contribution in [2.75, 3.05) is 13.2 Å². The maximum atomic E-state index is 11.6. The first kappa shape index (κ1) is 18.2. The molecule has 1 rings (SSSR count). The lowest BCUT2D eigenvalue weighted by molar-refractivity contribution is -0.168. The number of benzene rings is 1. The number of rotatable bonds is 7. The fraction of sp³-hybridized carbons (Fsp3) is 0.529. The molecule has 1 aromatic rings. The fourth-order valence-electron chi connectivity index (χ4n) is 1.67. The summed E-state index contributed by atoms with van der Waals surface area (Å²) in [4.78, 5) is 23.3. The number of esters is 2. The van der Waals surface area contributed by atoms with Gasteiger partial charge >= 0.3 is 11.9 Å². The van der Waals surface area contributed by atoms with Crippen LogP contribution in [0.25, 0.3) is 0 Å². The van der Waals surface area contributed by atoms with E-state index in [0.29, 0.717) is 5.56 Å². The summed E-state index contributed by atoms with van der Waals surface area (Å²) in [5.74, 6) is -1.41. The molecule has 22 heavy (non-hydrogen) atoms. The van der Waals surface area contributed by atoms with Gasteiger partial charge in [0.25, 0.3) is 0 Å². The van der Waals surface area contributed by atoms with Gasteiger partial charge in [0.15, 0.2) is 5.60 Å². The molecule has 1 aromatic carbocycles. The molecule has 0 saturated carbocycles. The molecule has 5 nitrogen and oxygen atoms in total. The number of hydrogen-bond acceptors (Lipinski definition) is 5. The molecule has 0 radical (unpaired) electrons. The lowest BCUT2D eigenvalue weighted by atomic mass is 9.95. The molecular weight excluding hydrogens is 284 g/mol. The van der Waals surface area contributed by atoms with Gasteiger partial charge < -0.3 is 14.6 Å². The average molecular weight is 308 g/mol. The van der Waals surface area contributed by atoms with Gasteiger partial charge in [-0.3, -0.25) is 9.59 Å². The van der Waals surface area contributed by atoms with Crippen LogP contribution in [0.5, 0.6) is 0 Å². The first-order valence-corrected chi connectivity index (χ1v) is 7.37. The van der Waals surface area contributed by atoms with E-state index in [2.05, 4.69) is 0 Å². The zero-order valence-corrected chi connectivity index (χ0v) is 13.5. The van der Waals surface area contributed by atoms with Crippen molar-refractivity contribution in [3.05, 3.63) is 35.9 Å². The summed E-state index contributed by atoms with van der Waals surface area (Å²) in [6.07, 6.45) is 0. The quantitative estimate of drug-likeness (QED) is 0.782. The summed E-state index contributed by atoms with van der Waals surface area (Å²) in [6.45, 7) is 6.32. The van der Waals surface area contributed by atoms with Crippen LogP contribution in [-0.2, 0) is 24.7 Å². The molecule has 0 fully saturated rings. The van der Waals surface area contributed by atoms with Crippen LogP contribution in [0.2, 0.25) is 0 Å². The number of ether oxygens (including phenoxy) is 2. The minimum atomic E-state index is -1.56. The molecular formula is C17H24O5. The van der Waals surface area contributed by atoms with Crippen molar-refractivity contribution in [3.63, 3.8) is 0 Å². The predicted molar refractivity (Wildman–Crippen MR) is 81.9 cm³/mol. The Morgan fingerprint density at radius 2 is 1.36 bits per heavy atom. The largest absolute Gasteiger partial charge is 0.462 e. The van der Waals surface area contributed by atoms with Crippen molar-refractivity contribution in [2.24, 2.45) is 11.8 Å². The SMILES string of the molecule is CC(C)C(=O)OCC(O)(COC(=O)C(C)C)c1ccccc1. The zero-order valence-electron chi connectivity index (χ0n) is 13.5. The summed E-state index contributed by atoms with van der Waals surface area (Å²) in [5, 5.41) is 10.8. The third-order valence-corrected chi connectivity index (χ3v) is 3.16. The van der Waals surface area contributed by atoms with Crippen molar-refractivity contribution in [1.29, 1.82) is 0 Å². The van der Waals surface area contributed by atoms with E-state index in [9.17, 15) is 14.7 Å². The highest BCUT2D eigenvalue weighted by Gasteiger charge is 2.33. The second-order valence-electron chi connectivity index (χ2n) is 5.92. The second kappa shape index (κ2) is 7.94. The normalized spacial score (nSPS) is 11.6. The molecule has 0 aliphatic rings. The van der Waals surface area contributed by atoms with Crippen LogP contribution in [-0.4, -0.2) is 30.3 Å². The van der Waals surface area contributed by atoms with Gasteiger partial charge in [0.1, 0.15) is 13.2 Å². The highest BCUT2D eigenvalue weighted by Crippen LogP contribution is 2.23. The number of carbonyl (C=O) groups excluding carboxylic acids is 2. The summed E-state index contributed by atoms with van der Waals surface area (Å²) >= 11 is 0. The Balaban J connectivity index is 2.85. The monoisotopic (exact) mass is 308 g/mol. The number of carbonyl (C=O) groups is 2. The molecule has 5 heteroatoms. The lowest BCUT2D eigenvalue weighted by Gasteiger charge is -2.28. The van der Waals surface area contributed by atoms with Crippen molar-refractivity contribution < 1.29 is 24.2 Å². The zero-order chi connectivity index (χ0) is 16.8.